The van der Waals surface area contributed by atoms with Gasteiger partial charge in [-0.1, -0.05) is 103 Å². The molecule has 0 aliphatic carbocycles. The van der Waals surface area contributed by atoms with Gasteiger partial charge in [0.1, 0.15) is 5.76 Å². The van der Waals surface area contributed by atoms with E-state index in [2.05, 4.69) is 6.92 Å². The van der Waals surface area contributed by atoms with Crippen molar-refractivity contribution in [1.82, 2.24) is 4.90 Å². The molecule has 2 aromatic carbocycles. The number of aliphatic hydroxyl groups excluding tert-OH is 1. The van der Waals surface area contributed by atoms with Crippen LogP contribution >= 0.6 is 0 Å². The second-order valence-corrected chi connectivity index (χ2v) is 11.2. The predicted octanol–water partition coefficient (Wildman–Crippen LogP) is 8.41. The van der Waals surface area contributed by atoms with Crippen LogP contribution in [0.3, 0.4) is 0 Å². The molecule has 0 bridgehead atoms. The summed E-state index contributed by atoms with van der Waals surface area (Å²) in [6.45, 7) is 2.49. The number of carbonyl (C=O) groups excluding carboxylic acids is 2. The zero-order valence-electron chi connectivity index (χ0n) is 25.0. The maximum atomic E-state index is 13.2. The van der Waals surface area contributed by atoms with Crippen LogP contribution in [0.25, 0.3) is 5.76 Å². The van der Waals surface area contributed by atoms with Crippen molar-refractivity contribution < 1.29 is 24.5 Å². The zero-order valence-corrected chi connectivity index (χ0v) is 25.0. The van der Waals surface area contributed by atoms with Gasteiger partial charge in [0.15, 0.2) is 0 Å². The normalized spacial score (nSPS) is 16.1. The second kappa shape index (κ2) is 17.1. The molecule has 1 heterocycles. The van der Waals surface area contributed by atoms with Crippen molar-refractivity contribution in [3.8, 4) is 0 Å². The van der Waals surface area contributed by atoms with E-state index >= 15 is 0 Å². The van der Waals surface area contributed by atoms with Crippen LogP contribution < -0.4 is 0 Å². The number of amides is 1. The van der Waals surface area contributed by atoms with Crippen molar-refractivity contribution in [3.63, 3.8) is 0 Å². The molecule has 1 fully saturated rings. The van der Waals surface area contributed by atoms with Crippen LogP contribution in [0, 0.1) is 20.2 Å². The molecule has 1 aliphatic rings. The third-order valence-electron chi connectivity index (χ3n) is 8.04. The molecule has 43 heavy (non-hydrogen) atoms. The molecule has 1 aliphatic heterocycles. The van der Waals surface area contributed by atoms with Crippen LogP contribution in [0.2, 0.25) is 0 Å². The minimum absolute atomic E-state index is 0.135. The highest BCUT2D eigenvalue weighted by Gasteiger charge is 2.46. The number of hydrogen-bond donors (Lipinski definition) is 1. The quantitative estimate of drug-likeness (QED) is 0.0430. The molecule has 0 saturated carbocycles. The average molecular weight is 594 g/mol. The molecule has 1 amide bonds. The van der Waals surface area contributed by atoms with Crippen molar-refractivity contribution >= 4 is 28.8 Å². The number of aliphatic hydroxyl groups is 1. The largest absolute Gasteiger partial charge is 0.507 e. The molecule has 10 nitrogen and oxygen atoms in total. The van der Waals surface area contributed by atoms with Crippen LogP contribution in [-0.4, -0.2) is 38.1 Å². The first kappa shape index (κ1) is 33.4. The fourth-order valence-electron chi connectivity index (χ4n) is 5.64. The van der Waals surface area contributed by atoms with Crippen LogP contribution in [-0.2, 0) is 9.59 Å². The summed E-state index contributed by atoms with van der Waals surface area (Å²) in [6.07, 6.45) is 16.5. The second-order valence-electron chi connectivity index (χ2n) is 11.2. The number of rotatable bonds is 19. The predicted molar refractivity (Wildman–Crippen MR) is 166 cm³/mol. The summed E-state index contributed by atoms with van der Waals surface area (Å²) in [5.41, 5.74) is -0.109. The van der Waals surface area contributed by atoms with Gasteiger partial charge in [0, 0.05) is 36.4 Å². The molecule has 3 rings (SSSR count). The SMILES string of the molecule is CCCCCCCCCCCCCCCCN1C(=O)C(=O)/C(=C(/O)c2ccc([N+](=O)[O-])cc2)C1c1cccc([N+](=O)[O-])c1. The van der Waals surface area contributed by atoms with Gasteiger partial charge in [-0.15, -0.1) is 0 Å². The maximum Gasteiger partial charge on any atom is 0.295 e. The Morgan fingerprint density at radius 1 is 0.744 bits per heavy atom. The van der Waals surface area contributed by atoms with Gasteiger partial charge in [0.2, 0.25) is 0 Å². The van der Waals surface area contributed by atoms with Gasteiger partial charge < -0.3 is 10.0 Å². The molecule has 232 valence electrons. The fraction of sp³-hybridized carbons (Fsp3) is 0.515. The third-order valence-corrected chi connectivity index (χ3v) is 8.04. The summed E-state index contributed by atoms with van der Waals surface area (Å²) in [5, 5.41) is 33.6. The zero-order chi connectivity index (χ0) is 31.2. The molecule has 0 spiro atoms. The van der Waals surface area contributed by atoms with Crippen molar-refractivity contribution in [2.75, 3.05) is 6.54 Å². The summed E-state index contributed by atoms with van der Waals surface area (Å²) >= 11 is 0. The van der Waals surface area contributed by atoms with E-state index in [1.54, 1.807) is 6.07 Å². The van der Waals surface area contributed by atoms with Gasteiger partial charge in [-0.05, 0) is 24.1 Å². The Hall–Kier alpha value is -4.08. The molecule has 1 N–H and O–H groups in total. The molecule has 1 unspecified atom stereocenters. The first-order valence-electron chi connectivity index (χ1n) is 15.5. The smallest absolute Gasteiger partial charge is 0.295 e. The van der Waals surface area contributed by atoms with Gasteiger partial charge in [-0.25, -0.2) is 0 Å². The Labute approximate surface area is 253 Å². The molecule has 10 heteroatoms. The minimum Gasteiger partial charge on any atom is -0.507 e. The lowest BCUT2D eigenvalue weighted by atomic mass is 9.95. The number of carbonyl (C=O) groups is 2. The minimum atomic E-state index is -1.02. The summed E-state index contributed by atoms with van der Waals surface area (Å²) in [6, 6.07) is 9.67. The number of nitro benzene ring substituents is 2. The Morgan fingerprint density at radius 3 is 1.77 bits per heavy atom. The Balaban J connectivity index is 1.63. The van der Waals surface area contributed by atoms with Gasteiger partial charge >= 0.3 is 0 Å². The van der Waals surface area contributed by atoms with E-state index in [4.69, 9.17) is 0 Å². The van der Waals surface area contributed by atoms with E-state index < -0.39 is 33.3 Å². The van der Waals surface area contributed by atoms with Crippen molar-refractivity contribution in [1.29, 1.82) is 0 Å². The van der Waals surface area contributed by atoms with Gasteiger partial charge in [-0.3, -0.25) is 29.8 Å². The number of ketones is 1. The van der Waals surface area contributed by atoms with Gasteiger partial charge in [0.25, 0.3) is 23.1 Å². The third kappa shape index (κ3) is 9.46. The lowest BCUT2D eigenvalue weighted by Gasteiger charge is -2.25. The van der Waals surface area contributed by atoms with E-state index in [0.717, 1.165) is 19.3 Å². The summed E-state index contributed by atoms with van der Waals surface area (Å²) in [5.74, 6) is -2.15. The first-order valence-corrected chi connectivity index (χ1v) is 15.5. The summed E-state index contributed by atoms with van der Waals surface area (Å²) in [4.78, 5) is 49.1. The van der Waals surface area contributed by atoms with E-state index in [1.807, 2.05) is 0 Å². The van der Waals surface area contributed by atoms with Gasteiger partial charge in [0.05, 0.1) is 21.5 Å². The molecule has 1 saturated heterocycles. The van der Waals surface area contributed by atoms with Crippen molar-refractivity contribution in [2.45, 2.75) is 103 Å². The van der Waals surface area contributed by atoms with Crippen LogP contribution in [0.5, 0.6) is 0 Å². The molecular weight excluding hydrogens is 550 g/mol. The van der Waals surface area contributed by atoms with Crippen molar-refractivity contribution in [3.05, 3.63) is 85.5 Å². The average Bonchev–Trinajstić information content (AvgIpc) is 3.26. The number of benzene rings is 2. The molecule has 2 aromatic rings. The van der Waals surface area contributed by atoms with E-state index in [-0.39, 0.29) is 29.1 Å². The highest BCUT2D eigenvalue weighted by molar-refractivity contribution is 6.46. The highest BCUT2D eigenvalue weighted by atomic mass is 16.6. The Kier molecular flexibility index (Phi) is 13.3. The lowest BCUT2D eigenvalue weighted by molar-refractivity contribution is -0.385. The number of non-ortho nitro benzene ring substituents is 2. The van der Waals surface area contributed by atoms with Crippen LogP contribution in [0.4, 0.5) is 11.4 Å². The van der Waals surface area contributed by atoms with E-state index in [9.17, 15) is 34.9 Å². The summed E-state index contributed by atoms with van der Waals surface area (Å²) in [7, 11) is 0. The van der Waals surface area contributed by atoms with Gasteiger partial charge in [-0.2, -0.15) is 0 Å². The van der Waals surface area contributed by atoms with Crippen LogP contribution in [0.15, 0.2) is 54.1 Å². The molecule has 0 aromatic heterocycles. The Morgan fingerprint density at radius 2 is 1.26 bits per heavy atom. The number of unbranched alkanes of at least 4 members (excludes halogenated alkanes) is 13. The lowest BCUT2D eigenvalue weighted by Crippen LogP contribution is -2.30. The number of nitro groups is 2. The number of hydrogen-bond acceptors (Lipinski definition) is 7. The molecule has 0 radical (unpaired) electrons. The first-order chi connectivity index (χ1) is 20.8. The van der Waals surface area contributed by atoms with Crippen molar-refractivity contribution in [2.24, 2.45) is 0 Å². The monoisotopic (exact) mass is 593 g/mol. The Bertz CT molecular complexity index is 1290. The van der Waals surface area contributed by atoms with E-state index in [0.29, 0.717) is 12.0 Å². The fourth-order valence-corrected chi connectivity index (χ4v) is 5.64. The standard InChI is InChI=1S/C33H43N3O7/c1-2-3-4-5-6-7-8-9-10-11-12-13-14-15-23-34-30(26-17-16-18-28(24-26)36(42)43)29(32(38)33(34)39)31(37)25-19-21-27(22-20-25)35(40)41/h16-22,24,30,37H,2-15,23H2,1H3/b31-29+. The summed E-state index contributed by atoms with van der Waals surface area (Å²) < 4.78 is 0. The number of likely N-dealkylation sites (tertiary alicyclic amines) is 1. The maximum absolute atomic E-state index is 13.2. The molecular formula is C33H43N3O7. The van der Waals surface area contributed by atoms with Crippen LogP contribution in [0.1, 0.15) is 114 Å². The topological polar surface area (TPSA) is 144 Å². The molecule has 1 atom stereocenters. The highest BCUT2D eigenvalue weighted by Crippen LogP contribution is 2.40. The van der Waals surface area contributed by atoms with E-state index in [1.165, 1.54) is 112 Å². The number of Topliss-reactive ketones (excluding diaryl/α,β-unsaturated/α-hetero) is 1. The number of nitrogens with zero attached hydrogens (tertiary/aromatic N) is 3.